The smallest absolute Gasteiger partial charge is 0.310 e. The molecule has 4 heteroatoms. The summed E-state index contributed by atoms with van der Waals surface area (Å²) in [6.07, 6.45) is 1.80. The Hall–Kier alpha value is -1.32. The van der Waals surface area contributed by atoms with E-state index in [1.54, 1.807) is 18.3 Å². The first-order valence-corrected chi connectivity index (χ1v) is 3.49. The second-order valence-corrected chi connectivity index (χ2v) is 2.34. The highest BCUT2D eigenvalue weighted by molar-refractivity contribution is 6.30. The first-order valence-electron chi connectivity index (χ1n) is 3.49. The fourth-order valence-corrected chi connectivity index (χ4v) is 0.779. The van der Waals surface area contributed by atoms with Gasteiger partial charge >= 0.3 is 5.97 Å². The number of aromatic nitrogens is 1. The SMILES string of the molecule is [B]c1ccc(CC(=O)OC)cn1. The van der Waals surface area contributed by atoms with E-state index in [0.29, 0.717) is 5.59 Å². The van der Waals surface area contributed by atoms with Gasteiger partial charge in [-0.3, -0.25) is 9.78 Å². The summed E-state index contributed by atoms with van der Waals surface area (Å²) in [5, 5.41) is 0. The van der Waals surface area contributed by atoms with E-state index in [4.69, 9.17) is 7.85 Å². The molecule has 12 heavy (non-hydrogen) atoms. The van der Waals surface area contributed by atoms with Crippen molar-refractivity contribution >= 4 is 19.4 Å². The molecule has 0 aliphatic rings. The number of nitrogens with zero attached hydrogens (tertiary/aromatic N) is 1. The van der Waals surface area contributed by atoms with Crippen molar-refractivity contribution in [3.05, 3.63) is 23.9 Å². The predicted molar refractivity (Wildman–Crippen MR) is 45.3 cm³/mol. The Bertz CT molecular complexity index is 271. The summed E-state index contributed by atoms with van der Waals surface area (Å²) in [6, 6.07) is 3.40. The Morgan fingerprint density at radius 2 is 2.42 bits per heavy atom. The van der Waals surface area contributed by atoms with Crippen molar-refractivity contribution in [1.29, 1.82) is 0 Å². The molecule has 60 valence electrons. The molecular formula is C8H8BNO2. The zero-order valence-electron chi connectivity index (χ0n) is 6.78. The maximum atomic E-state index is 10.8. The summed E-state index contributed by atoms with van der Waals surface area (Å²) < 4.78 is 4.49. The van der Waals surface area contributed by atoms with E-state index < -0.39 is 0 Å². The summed E-state index contributed by atoms with van der Waals surface area (Å²) in [5.41, 5.74) is 1.25. The highest BCUT2D eigenvalue weighted by Crippen LogP contribution is 1.96. The molecule has 1 heterocycles. The van der Waals surface area contributed by atoms with Gasteiger partial charge in [0.2, 0.25) is 0 Å². The van der Waals surface area contributed by atoms with Crippen LogP contribution in [0.25, 0.3) is 0 Å². The summed E-state index contributed by atoms with van der Waals surface area (Å²) >= 11 is 0. The molecule has 0 atom stereocenters. The largest absolute Gasteiger partial charge is 0.469 e. The quantitative estimate of drug-likeness (QED) is 0.437. The van der Waals surface area contributed by atoms with Gasteiger partial charge < -0.3 is 4.74 Å². The Labute approximate surface area is 72.2 Å². The summed E-state index contributed by atoms with van der Waals surface area (Å²) in [5.74, 6) is -0.276. The summed E-state index contributed by atoms with van der Waals surface area (Å²) in [4.78, 5) is 14.6. The highest BCUT2D eigenvalue weighted by Gasteiger charge is 2.01. The Kier molecular flexibility index (Phi) is 2.85. The van der Waals surface area contributed by atoms with Gasteiger partial charge in [-0.05, 0) is 11.2 Å². The van der Waals surface area contributed by atoms with Crippen molar-refractivity contribution in [2.75, 3.05) is 7.11 Å². The van der Waals surface area contributed by atoms with Gasteiger partial charge in [0.15, 0.2) is 0 Å². The number of hydrogen-bond donors (Lipinski definition) is 0. The average molecular weight is 161 g/mol. The molecule has 1 rings (SSSR count). The van der Waals surface area contributed by atoms with Crippen molar-refractivity contribution in [3.8, 4) is 0 Å². The molecule has 0 bridgehead atoms. The lowest BCUT2D eigenvalue weighted by molar-refractivity contribution is -0.139. The fraction of sp³-hybridized carbons (Fsp3) is 0.250. The van der Waals surface area contributed by atoms with E-state index in [1.807, 2.05) is 0 Å². The van der Waals surface area contributed by atoms with Crippen LogP contribution in [0.3, 0.4) is 0 Å². The second-order valence-electron chi connectivity index (χ2n) is 2.34. The molecular weight excluding hydrogens is 153 g/mol. The molecule has 0 aliphatic carbocycles. The minimum Gasteiger partial charge on any atom is -0.469 e. The zero-order chi connectivity index (χ0) is 8.97. The molecule has 1 aromatic rings. The molecule has 0 aromatic carbocycles. The van der Waals surface area contributed by atoms with E-state index in [1.165, 1.54) is 7.11 Å². The number of rotatable bonds is 2. The van der Waals surface area contributed by atoms with Crippen LogP contribution in [0.4, 0.5) is 0 Å². The first-order chi connectivity index (χ1) is 5.72. The van der Waals surface area contributed by atoms with Crippen molar-refractivity contribution < 1.29 is 9.53 Å². The Morgan fingerprint density at radius 1 is 1.67 bits per heavy atom. The van der Waals surface area contributed by atoms with Gasteiger partial charge in [0.1, 0.15) is 7.85 Å². The summed E-state index contributed by atoms with van der Waals surface area (Å²) in [7, 11) is 6.72. The van der Waals surface area contributed by atoms with E-state index in [-0.39, 0.29) is 12.4 Å². The number of carbonyl (C=O) groups excluding carboxylic acids is 1. The van der Waals surface area contributed by atoms with Crippen LogP contribution < -0.4 is 5.59 Å². The van der Waals surface area contributed by atoms with Crippen molar-refractivity contribution in [3.63, 3.8) is 0 Å². The van der Waals surface area contributed by atoms with Crippen LogP contribution in [-0.4, -0.2) is 25.9 Å². The van der Waals surface area contributed by atoms with Gasteiger partial charge in [0, 0.05) is 6.20 Å². The number of esters is 1. The molecule has 0 spiro atoms. The minimum absolute atomic E-state index is 0.240. The van der Waals surface area contributed by atoms with E-state index in [2.05, 4.69) is 9.72 Å². The minimum atomic E-state index is -0.276. The lowest BCUT2D eigenvalue weighted by atomic mass is 10.0. The molecule has 3 nitrogen and oxygen atoms in total. The molecule has 0 saturated heterocycles. The van der Waals surface area contributed by atoms with Gasteiger partial charge in [-0.2, -0.15) is 0 Å². The maximum absolute atomic E-state index is 10.8. The predicted octanol–water partition coefficient (Wildman–Crippen LogP) is -0.409. The lowest BCUT2D eigenvalue weighted by Crippen LogP contribution is -2.10. The number of ether oxygens (including phenoxy) is 1. The zero-order valence-corrected chi connectivity index (χ0v) is 6.78. The van der Waals surface area contributed by atoms with Crippen molar-refractivity contribution in [1.82, 2.24) is 4.98 Å². The molecule has 0 aliphatic heterocycles. The summed E-state index contributed by atoms with van der Waals surface area (Å²) in [6.45, 7) is 0. The van der Waals surface area contributed by atoms with Crippen LogP contribution in [0.2, 0.25) is 0 Å². The van der Waals surface area contributed by atoms with Crippen LogP contribution in [0, 0.1) is 0 Å². The first kappa shape index (κ1) is 8.78. The standard InChI is InChI=1S/C8H8BNO2/c1-12-8(11)4-6-2-3-7(9)10-5-6/h2-3,5H,4H2,1H3. The van der Waals surface area contributed by atoms with E-state index in [0.717, 1.165) is 5.56 Å². The van der Waals surface area contributed by atoms with E-state index in [9.17, 15) is 4.79 Å². The van der Waals surface area contributed by atoms with Gasteiger partial charge in [-0.25, -0.2) is 0 Å². The van der Waals surface area contributed by atoms with Crippen LogP contribution in [0.1, 0.15) is 5.56 Å². The average Bonchev–Trinajstić information content (AvgIpc) is 2.09. The monoisotopic (exact) mass is 161 g/mol. The number of methoxy groups -OCH3 is 1. The van der Waals surface area contributed by atoms with Crippen LogP contribution >= 0.6 is 0 Å². The normalized spacial score (nSPS) is 9.42. The Morgan fingerprint density at radius 3 is 2.92 bits per heavy atom. The van der Waals surface area contributed by atoms with Crippen molar-refractivity contribution in [2.45, 2.75) is 6.42 Å². The topological polar surface area (TPSA) is 39.2 Å². The third kappa shape index (κ3) is 2.38. The number of carbonyl (C=O) groups is 1. The molecule has 0 unspecified atom stereocenters. The fourth-order valence-electron chi connectivity index (χ4n) is 0.779. The van der Waals surface area contributed by atoms with Gasteiger partial charge in [0.05, 0.1) is 13.5 Å². The molecule has 0 amide bonds. The molecule has 0 saturated carbocycles. The van der Waals surface area contributed by atoms with Crippen LogP contribution in [0.5, 0.6) is 0 Å². The van der Waals surface area contributed by atoms with Gasteiger partial charge in [-0.15, -0.1) is 0 Å². The highest BCUT2D eigenvalue weighted by atomic mass is 16.5. The van der Waals surface area contributed by atoms with Crippen molar-refractivity contribution in [2.24, 2.45) is 0 Å². The third-order valence-electron chi connectivity index (χ3n) is 1.42. The van der Waals surface area contributed by atoms with E-state index >= 15 is 0 Å². The lowest BCUT2D eigenvalue weighted by Gasteiger charge is -1.99. The van der Waals surface area contributed by atoms with Crippen LogP contribution in [-0.2, 0) is 16.0 Å². The van der Waals surface area contributed by atoms with Gasteiger partial charge in [-0.1, -0.05) is 12.1 Å². The third-order valence-corrected chi connectivity index (χ3v) is 1.42. The number of hydrogen-bond acceptors (Lipinski definition) is 3. The maximum Gasteiger partial charge on any atom is 0.310 e. The number of pyridine rings is 1. The molecule has 1 aromatic heterocycles. The second kappa shape index (κ2) is 3.90. The van der Waals surface area contributed by atoms with Gasteiger partial charge in [0.25, 0.3) is 0 Å². The van der Waals surface area contributed by atoms with Crippen LogP contribution in [0.15, 0.2) is 18.3 Å². The Balaban J connectivity index is 2.64. The molecule has 2 radical (unpaired) electrons. The molecule has 0 N–H and O–H groups in total. The molecule has 0 fully saturated rings.